The van der Waals surface area contributed by atoms with Crippen LogP contribution in [0.3, 0.4) is 0 Å². The fourth-order valence-electron chi connectivity index (χ4n) is 1.65. The van der Waals surface area contributed by atoms with Crippen LogP contribution in [0.1, 0.15) is 30.9 Å². The number of aromatic amines is 1. The standard InChI is InChI=1S/C11H18N8O2/c1-3-10-13-9(16-21-10)7-19(2)11(20)12-6-4-5-8-14-17-18-15-8/h3-7H2,1-2H3,(H,12,20)(H,14,15,17,18). The molecule has 10 heteroatoms. The van der Waals surface area contributed by atoms with Crippen molar-refractivity contribution < 1.29 is 9.32 Å². The molecular weight excluding hydrogens is 276 g/mol. The molecule has 2 rings (SSSR count). The second-order valence-electron chi connectivity index (χ2n) is 4.48. The molecule has 0 saturated carbocycles. The maximum Gasteiger partial charge on any atom is 0.317 e. The van der Waals surface area contributed by atoms with Crippen molar-refractivity contribution in [1.82, 2.24) is 41.0 Å². The predicted octanol–water partition coefficient (Wildman–Crippen LogP) is -0.0807. The predicted molar refractivity (Wildman–Crippen MR) is 71.0 cm³/mol. The fourth-order valence-corrected chi connectivity index (χ4v) is 1.65. The molecule has 0 unspecified atom stereocenters. The minimum Gasteiger partial charge on any atom is -0.339 e. The molecule has 114 valence electrons. The van der Waals surface area contributed by atoms with E-state index in [9.17, 15) is 4.79 Å². The van der Waals surface area contributed by atoms with Crippen molar-refractivity contribution in [1.29, 1.82) is 0 Å². The average Bonchev–Trinajstić information content (AvgIpc) is 3.14. The third-order valence-corrected chi connectivity index (χ3v) is 2.78. The Morgan fingerprint density at radius 2 is 2.29 bits per heavy atom. The molecule has 0 aliphatic carbocycles. The van der Waals surface area contributed by atoms with Crippen LogP contribution in [0.15, 0.2) is 4.52 Å². The summed E-state index contributed by atoms with van der Waals surface area (Å²) in [5.41, 5.74) is 0. The van der Waals surface area contributed by atoms with Gasteiger partial charge in [0.1, 0.15) is 0 Å². The maximum absolute atomic E-state index is 11.9. The Balaban J connectivity index is 1.67. The number of carbonyl (C=O) groups is 1. The Morgan fingerprint density at radius 1 is 1.43 bits per heavy atom. The zero-order valence-corrected chi connectivity index (χ0v) is 12.0. The third-order valence-electron chi connectivity index (χ3n) is 2.78. The van der Waals surface area contributed by atoms with E-state index in [0.717, 1.165) is 6.42 Å². The normalized spacial score (nSPS) is 10.6. The lowest BCUT2D eigenvalue weighted by Gasteiger charge is -2.15. The van der Waals surface area contributed by atoms with Gasteiger partial charge in [-0.2, -0.15) is 10.2 Å². The zero-order chi connectivity index (χ0) is 15.1. The molecular formula is C11H18N8O2. The molecule has 21 heavy (non-hydrogen) atoms. The molecule has 2 aromatic heterocycles. The first-order valence-electron chi connectivity index (χ1n) is 6.71. The van der Waals surface area contributed by atoms with E-state index in [1.807, 2.05) is 6.92 Å². The molecule has 0 aliphatic rings. The average molecular weight is 294 g/mol. The smallest absolute Gasteiger partial charge is 0.317 e. The molecule has 0 aromatic carbocycles. The van der Waals surface area contributed by atoms with E-state index >= 15 is 0 Å². The number of amides is 2. The molecule has 2 aromatic rings. The summed E-state index contributed by atoms with van der Waals surface area (Å²) in [6.07, 6.45) is 2.07. The van der Waals surface area contributed by atoms with Crippen LogP contribution in [-0.4, -0.2) is 55.3 Å². The summed E-state index contributed by atoms with van der Waals surface area (Å²) in [6, 6.07) is -0.189. The van der Waals surface area contributed by atoms with Gasteiger partial charge in [-0.25, -0.2) is 4.79 Å². The number of nitrogens with zero attached hydrogens (tertiary/aromatic N) is 6. The van der Waals surface area contributed by atoms with Crippen molar-refractivity contribution in [2.24, 2.45) is 0 Å². The highest BCUT2D eigenvalue weighted by Gasteiger charge is 2.12. The number of rotatable bonds is 7. The molecule has 10 nitrogen and oxygen atoms in total. The molecule has 0 spiro atoms. The number of H-pyrrole nitrogens is 1. The first-order valence-corrected chi connectivity index (χ1v) is 6.71. The number of urea groups is 1. The van der Waals surface area contributed by atoms with Gasteiger partial charge >= 0.3 is 6.03 Å². The van der Waals surface area contributed by atoms with Crippen LogP contribution in [0.25, 0.3) is 0 Å². The van der Waals surface area contributed by atoms with Crippen LogP contribution in [0.5, 0.6) is 0 Å². The molecule has 2 amide bonds. The van der Waals surface area contributed by atoms with Gasteiger partial charge < -0.3 is 14.7 Å². The van der Waals surface area contributed by atoms with E-state index in [-0.39, 0.29) is 6.03 Å². The molecule has 0 radical (unpaired) electrons. The molecule has 2 N–H and O–H groups in total. The summed E-state index contributed by atoms with van der Waals surface area (Å²) in [5.74, 6) is 1.70. The van der Waals surface area contributed by atoms with E-state index in [1.165, 1.54) is 4.90 Å². The highest BCUT2D eigenvalue weighted by Crippen LogP contribution is 2.01. The monoisotopic (exact) mass is 294 g/mol. The number of carbonyl (C=O) groups excluding carboxylic acids is 1. The number of nitrogens with one attached hydrogen (secondary N) is 2. The molecule has 0 saturated heterocycles. The third kappa shape index (κ3) is 4.51. The van der Waals surface area contributed by atoms with Crippen LogP contribution in [-0.2, 0) is 19.4 Å². The topological polar surface area (TPSA) is 126 Å². The Hall–Kier alpha value is -2.52. The SMILES string of the molecule is CCc1nc(CN(C)C(=O)NCCCc2nn[nH]n2)no1. The van der Waals surface area contributed by atoms with Gasteiger partial charge in [0.25, 0.3) is 0 Å². The van der Waals surface area contributed by atoms with Gasteiger partial charge in [0.05, 0.1) is 6.54 Å². The van der Waals surface area contributed by atoms with Crippen LogP contribution in [0.4, 0.5) is 4.79 Å². The Labute approximate surface area is 121 Å². The largest absolute Gasteiger partial charge is 0.339 e. The number of aromatic nitrogens is 6. The van der Waals surface area contributed by atoms with Crippen LogP contribution in [0, 0.1) is 0 Å². The van der Waals surface area contributed by atoms with E-state index in [4.69, 9.17) is 4.52 Å². The molecule has 0 bridgehead atoms. The van der Waals surface area contributed by atoms with E-state index in [0.29, 0.717) is 43.5 Å². The number of hydrogen-bond acceptors (Lipinski definition) is 7. The van der Waals surface area contributed by atoms with Crippen molar-refractivity contribution in [3.8, 4) is 0 Å². The maximum atomic E-state index is 11.9. The van der Waals surface area contributed by atoms with Crippen molar-refractivity contribution in [2.45, 2.75) is 32.7 Å². The van der Waals surface area contributed by atoms with E-state index < -0.39 is 0 Å². The Bertz CT molecular complexity index is 552. The summed E-state index contributed by atoms with van der Waals surface area (Å²) in [4.78, 5) is 17.5. The van der Waals surface area contributed by atoms with Crippen molar-refractivity contribution in [2.75, 3.05) is 13.6 Å². The van der Waals surface area contributed by atoms with Crippen LogP contribution in [0.2, 0.25) is 0 Å². The summed E-state index contributed by atoms with van der Waals surface area (Å²) < 4.78 is 4.99. The van der Waals surface area contributed by atoms with Gasteiger partial charge in [0.15, 0.2) is 11.6 Å². The molecule has 0 aliphatic heterocycles. The van der Waals surface area contributed by atoms with Crippen molar-refractivity contribution in [3.63, 3.8) is 0 Å². The summed E-state index contributed by atoms with van der Waals surface area (Å²) >= 11 is 0. The summed E-state index contributed by atoms with van der Waals surface area (Å²) in [6.45, 7) is 2.77. The second kappa shape index (κ2) is 7.31. The van der Waals surface area contributed by atoms with Crippen LogP contribution < -0.4 is 5.32 Å². The second-order valence-corrected chi connectivity index (χ2v) is 4.48. The van der Waals surface area contributed by atoms with E-state index in [2.05, 4.69) is 36.1 Å². The van der Waals surface area contributed by atoms with Gasteiger partial charge in [-0.05, 0) is 6.42 Å². The minimum atomic E-state index is -0.189. The highest BCUT2D eigenvalue weighted by atomic mass is 16.5. The highest BCUT2D eigenvalue weighted by molar-refractivity contribution is 5.73. The first-order chi connectivity index (χ1) is 10.2. The van der Waals surface area contributed by atoms with Crippen molar-refractivity contribution in [3.05, 3.63) is 17.5 Å². The number of aryl methyl sites for hydroxylation is 2. The number of tetrazole rings is 1. The lowest BCUT2D eigenvalue weighted by molar-refractivity contribution is 0.205. The quantitative estimate of drug-likeness (QED) is 0.684. The molecule has 2 heterocycles. The van der Waals surface area contributed by atoms with Gasteiger partial charge in [-0.15, -0.1) is 10.2 Å². The lowest BCUT2D eigenvalue weighted by Crippen LogP contribution is -2.37. The summed E-state index contributed by atoms with van der Waals surface area (Å²) in [7, 11) is 1.68. The lowest BCUT2D eigenvalue weighted by atomic mass is 10.3. The first kappa shape index (κ1) is 14.9. The fraction of sp³-hybridized carbons (Fsp3) is 0.636. The summed E-state index contributed by atoms with van der Waals surface area (Å²) in [5, 5.41) is 20.1. The van der Waals surface area contributed by atoms with Crippen LogP contribution >= 0.6 is 0 Å². The zero-order valence-electron chi connectivity index (χ0n) is 12.0. The van der Waals surface area contributed by atoms with Gasteiger partial charge in [0, 0.05) is 26.4 Å². The Morgan fingerprint density at radius 3 is 2.95 bits per heavy atom. The minimum absolute atomic E-state index is 0.189. The Kier molecular flexibility index (Phi) is 5.18. The van der Waals surface area contributed by atoms with Gasteiger partial charge in [-0.1, -0.05) is 17.3 Å². The molecule has 0 fully saturated rings. The number of hydrogen-bond donors (Lipinski definition) is 2. The van der Waals surface area contributed by atoms with Gasteiger partial charge in [-0.3, -0.25) is 0 Å². The van der Waals surface area contributed by atoms with E-state index in [1.54, 1.807) is 7.05 Å². The van der Waals surface area contributed by atoms with Gasteiger partial charge in [0.2, 0.25) is 5.89 Å². The molecule has 0 atom stereocenters. The van der Waals surface area contributed by atoms with Crippen molar-refractivity contribution >= 4 is 6.03 Å².